The summed E-state index contributed by atoms with van der Waals surface area (Å²) in [6.07, 6.45) is -2.27. The molecule has 2 rings (SSSR count). The van der Waals surface area contributed by atoms with E-state index in [1.165, 1.54) is 0 Å². The summed E-state index contributed by atoms with van der Waals surface area (Å²) in [5.74, 6) is -0.402. The van der Waals surface area contributed by atoms with Gasteiger partial charge in [0.15, 0.2) is 0 Å². The highest BCUT2D eigenvalue weighted by atomic mass is 19.4. The lowest BCUT2D eigenvalue weighted by atomic mass is 10.1. The number of nitrogens with zero attached hydrogens (tertiary/aromatic N) is 2. The standard InChI is InChI=1S/C10H14F3N5/c11-10(12,13)7-5-16-9(14)18-8(7)17-6-1-3-15-4-2-6/h5-6,15H,1-4H2,(H3,14,16,17,18). The fourth-order valence-electron chi connectivity index (χ4n) is 1.87. The Hall–Kier alpha value is -1.57. The van der Waals surface area contributed by atoms with Gasteiger partial charge in [0.2, 0.25) is 5.95 Å². The fraction of sp³-hybridized carbons (Fsp3) is 0.600. The number of nitrogen functional groups attached to an aromatic ring is 1. The van der Waals surface area contributed by atoms with Gasteiger partial charge in [-0.25, -0.2) is 4.98 Å². The number of alkyl halides is 3. The van der Waals surface area contributed by atoms with E-state index in [2.05, 4.69) is 20.6 Å². The molecule has 0 unspecified atom stereocenters. The number of nitrogens with one attached hydrogen (secondary N) is 2. The molecule has 8 heteroatoms. The molecule has 1 saturated heterocycles. The molecule has 0 aromatic carbocycles. The van der Waals surface area contributed by atoms with Gasteiger partial charge in [-0.15, -0.1) is 0 Å². The van der Waals surface area contributed by atoms with E-state index in [-0.39, 0.29) is 17.8 Å². The second-order valence-corrected chi connectivity index (χ2v) is 4.16. The van der Waals surface area contributed by atoms with Gasteiger partial charge in [0.25, 0.3) is 0 Å². The highest BCUT2D eigenvalue weighted by Gasteiger charge is 2.35. The first-order chi connectivity index (χ1) is 8.47. The summed E-state index contributed by atoms with van der Waals surface area (Å²) in [7, 11) is 0. The lowest BCUT2D eigenvalue weighted by molar-refractivity contribution is -0.137. The van der Waals surface area contributed by atoms with Crippen LogP contribution in [0.15, 0.2) is 6.20 Å². The summed E-state index contributed by atoms with van der Waals surface area (Å²) >= 11 is 0. The van der Waals surface area contributed by atoms with Gasteiger partial charge in [-0.05, 0) is 25.9 Å². The number of hydrogen-bond acceptors (Lipinski definition) is 5. The summed E-state index contributed by atoms with van der Waals surface area (Å²) in [6, 6.07) is -0.0263. The molecular formula is C10H14F3N5. The zero-order chi connectivity index (χ0) is 13.2. The van der Waals surface area contributed by atoms with Crippen LogP contribution in [0.1, 0.15) is 18.4 Å². The van der Waals surface area contributed by atoms with E-state index in [0.29, 0.717) is 6.20 Å². The first kappa shape index (κ1) is 12.9. The molecule has 0 bridgehead atoms. The molecule has 5 nitrogen and oxygen atoms in total. The fourth-order valence-corrected chi connectivity index (χ4v) is 1.87. The lowest BCUT2D eigenvalue weighted by Crippen LogP contribution is -2.36. The van der Waals surface area contributed by atoms with Gasteiger partial charge in [-0.3, -0.25) is 0 Å². The van der Waals surface area contributed by atoms with Crippen LogP contribution in [0.4, 0.5) is 24.9 Å². The highest BCUT2D eigenvalue weighted by molar-refractivity contribution is 5.48. The van der Waals surface area contributed by atoms with Gasteiger partial charge in [-0.2, -0.15) is 18.2 Å². The molecule has 0 amide bonds. The van der Waals surface area contributed by atoms with Crippen LogP contribution in [0.25, 0.3) is 0 Å². The van der Waals surface area contributed by atoms with Gasteiger partial charge in [0, 0.05) is 12.2 Å². The first-order valence-electron chi connectivity index (χ1n) is 5.64. The van der Waals surface area contributed by atoms with E-state index in [4.69, 9.17) is 5.73 Å². The second kappa shape index (κ2) is 4.97. The Kier molecular flexibility index (Phi) is 3.55. The zero-order valence-electron chi connectivity index (χ0n) is 9.59. The van der Waals surface area contributed by atoms with Crippen LogP contribution in [0, 0.1) is 0 Å². The van der Waals surface area contributed by atoms with Crippen LogP contribution >= 0.6 is 0 Å². The molecule has 1 aliphatic heterocycles. The number of nitrogens with two attached hydrogens (primary N) is 1. The molecule has 1 fully saturated rings. The lowest BCUT2D eigenvalue weighted by Gasteiger charge is -2.25. The van der Waals surface area contributed by atoms with E-state index in [1.807, 2.05) is 0 Å². The molecule has 0 aliphatic carbocycles. The van der Waals surface area contributed by atoms with Crippen molar-refractivity contribution in [3.8, 4) is 0 Å². The van der Waals surface area contributed by atoms with E-state index in [1.54, 1.807) is 0 Å². The first-order valence-corrected chi connectivity index (χ1v) is 5.64. The van der Waals surface area contributed by atoms with Crippen LogP contribution < -0.4 is 16.4 Å². The average Bonchev–Trinajstić information content (AvgIpc) is 2.28. The summed E-state index contributed by atoms with van der Waals surface area (Å²) in [5.41, 5.74) is 4.45. The van der Waals surface area contributed by atoms with Crippen LogP contribution in [0.3, 0.4) is 0 Å². The zero-order valence-corrected chi connectivity index (χ0v) is 9.59. The Morgan fingerprint density at radius 3 is 2.61 bits per heavy atom. The van der Waals surface area contributed by atoms with Gasteiger partial charge in [0.1, 0.15) is 11.4 Å². The number of halogens is 3. The van der Waals surface area contributed by atoms with Crippen molar-refractivity contribution in [1.29, 1.82) is 0 Å². The van der Waals surface area contributed by atoms with E-state index in [0.717, 1.165) is 25.9 Å². The van der Waals surface area contributed by atoms with Gasteiger partial charge >= 0.3 is 6.18 Å². The van der Waals surface area contributed by atoms with Crippen molar-refractivity contribution >= 4 is 11.8 Å². The third-order valence-electron chi connectivity index (χ3n) is 2.79. The third kappa shape index (κ3) is 3.00. The van der Waals surface area contributed by atoms with Crippen LogP contribution in [0.5, 0.6) is 0 Å². The largest absolute Gasteiger partial charge is 0.421 e. The van der Waals surface area contributed by atoms with Crippen molar-refractivity contribution < 1.29 is 13.2 Å². The maximum absolute atomic E-state index is 12.8. The predicted octanol–water partition coefficient (Wildman–Crippen LogP) is 1.24. The van der Waals surface area contributed by atoms with Crippen LogP contribution in [-0.4, -0.2) is 29.1 Å². The number of rotatable bonds is 2. The van der Waals surface area contributed by atoms with Crippen molar-refractivity contribution in [3.63, 3.8) is 0 Å². The van der Waals surface area contributed by atoms with Crippen molar-refractivity contribution in [2.75, 3.05) is 24.1 Å². The Bertz CT molecular complexity index is 414. The molecule has 0 spiro atoms. The molecule has 0 atom stereocenters. The molecule has 2 heterocycles. The highest BCUT2D eigenvalue weighted by Crippen LogP contribution is 2.34. The normalized spacial score (nSPS) is 17.7. The Morgan fingerprint density at radius 1 is 1.33 bits per heavy atom. The molecule has 1 aliphatic rings. The number of aromatic nitrogens is 2. The maximum atomic E-state index is 12.8. The Labute approximate surface area is 102 Å². The summed E-state index contributed by atoms with van der Waals surface area (Å²) < 4.78 is 38.3. The van der Waals surface area contributed by atoms with Gasteiger partial charge < -0.3 is 16.4 Å². The smallest absolute Gasteiger partial charge is 0.368 e. The molecule has 18 heavy (non-hydrogen) atoms. The molecule has 0 radical (unpaired) electrons. The molecular weight excluding hydrogens is 247 g/mol. The second-order valence-electron chi connectivity index (χ2n) is 4.16. The van der Waals surface area contributed by atoms with Gasteiger partial charge in [0.05, 0.1) is 0 Å². The van der Waals surface area contributed by atoms with Crippen LogP contribution in [-0.2, 0) is 6.18 Å². The Balaban J connectivity index is 2.21. The minimum absolute atomic E-state index is 0.0263. The molecule has 1 aromatic rings. The SMILES string of the molecule is Nc1ncc(C(F)(F)F)c(NC2CCNCC2)n1. The molecule has 4 N–H and O–H groups in total. The van der Waals surface area contributed by atoms with Gasteiger partial charge in [-0.1, -0.05) is 0 Å². The van der Waals surface area contributed by atoms with E-state index >= 15 is 0 Å². The summed E-state index contributed by atoms with van der Waals surface area (Å²) in [4.78, 5) is 7.04. The minimum Gasteiger partial charge on any atom is -0.368 e. The van der Waals surface area contributed by atoms with Crippen LogP contribution in [0.2, 0.25) is 0 Å². The maximum Gasteiger partial charge on any atom is 0.421 e. The van der Waals surface area contributed by atoms with Crippen molar-refractivity contribution in [3.05, 3.63) is 11.8 Å². The average molecular weight is 261 g/mol. The number of hydrogen-bond donors (Lipinski definition) is 3. The molecule has 1 aromatic heterocycles. The Morgan fingerprint density at radius 2 is 2.00 bits per heavy atom. The summed E-state index contributed by atoms with van der Waals surface area (Å²) in [6.45, 7) is 1.55. The van der Waals surface area contributed by atoms with E-state index in [9.17, 15) is 13.2 Å². The number of anilines is 2. The van der Waals surface area contributed by atoms with Crippen molar-refractivity contribution in [1.82, 2.24) is 15.3 Å². The van der Waals surface area contributed by atoms with Crippen molar-refractivity contribution in [2.45, 2.75) is 25.1 Å². The predicted molar refractivity (Wildman–Crippen MR) is 61.0 cm³/mol. The minimum atomic E-state index is -4.48. The topological polar surface area (TPSA) is 75.9 Å². The molecule has 100 valence electrons. The monoisotopic (exact) mass is 261 g/mol. The van der Waals surface area contributed by atoms with E-state index < -0.39 is 11.7 Å². The third-order valence-corrected chi connectivity index (χ3v) is 2.79. The van der Waals surface area contributed by atoms with Crippen molar-refractivity contribution in [2.24, 2.45) is 0 Å². The number of piperidine rings is 1. The quantitative estimate of drug-likeness (QED) is 0.746. The molecule has 0 saturated carbocycles. The summed E-state index contributed by atoms with van der Waals surface area (Å²) in [5, 5.41) is 5.94.